The predicted octanol–water partition coefficient (Wildman–Crippen LogP) is 3.43. The fraction of sp³-hybridized carbons (Fsp3) is 0.379. The van der Waals surface area contributed by atoms with Gasteiger partial charge in [0, 0.05) is 55.3 Å². The van der Waals surface area contributed by atoms with Crippen molar-refractivity contribution in [2.75, 3.05) is 32.7 Å². The third-order valence-corrected chi connectivity index (χ3v) is 8.05. The van der Waals surface area contributed by atoms with Gasteiger partial charge in [0.15, 0.2) is 0 Å². The molecule has 5 rings (SSSR count). The number of aromatic nitrogens is 1. The zero-order valence-corrected chi connectivity index (χ0v) is 22.2. The monoisotopic (exact) mass is 531 g/mol. The number of rotatable bonds is 3. The van der Waals surface area contributed by atoms with Gasteiger partial charge in [0.05, 0.1) is 6.04 Å². The molecule has 38 heavy (non-hydrogen) atoms. The van der Waals surface area contributed by atoms with Gasteiger partial charge in [-0.1, -0.05) is 48.5 Å². The lowest BCUT2D eigenvalue weighted by atomic mass is 10.1. The highest BCUT2D eigenvalue weighted by atomic mass is 32.1. The molecular formula is C29H33N5O3S. The van der Waals surface area contributed by atoms with E-state index in [9.17, 15) is 14.4 Å². The quantitative estimate of drug-likeness (QED) is 0.540. The molecule has 3 amide bonds. The third-order valence-electron chi connectivity index (χ3n) is 7.16. The maximum absolute atomic E-state index is 13.5. The van der Waals surface area contributed by atoms with Crippen LogP contribution >= 0.6 is 11.3 Å². The maximum Gasteiger partial charge on any atom is 0.273 e. The molecule has 2 aliphatic rings. The van der Waals surface area contributed by atoms with E-state index in [1.165, 1.54) is 11.3 Å². The molecule has 0 spiro atoms. The van der Waals surface area contributed by atoms with Crippen LogP contribution in [0.3, 0.4) is 0 Å². The molecule has 3 aromatic rings. The average Bonchev–Trinajstić information content (AvgIpc) is 3.65. The van der Waals surface area contributed by atoms with Gasteiger partial charge in [0.1, 0.15) is 10.7 Å². The molecule has 0 saturated carbocycles. The molecule has 0 aliphatic carbocycles. The van der Waals surface area contributed by atoms with Crippen LogP contribution in [-0.2, 0) is 4.79 Å². The molecule has 2 N–H and O–H groups in total. The third kappa shape index (κ3) is 6.11. The van der Waals surface area contributed by atoms with Crippen LogP contribution in [0.2, 0.25) is 0 Å². The molecule has 1 aromatic heterocycles. The highest BCUT2D eigenvalue weighted by Crippen LogP contribution is 2.24. The Labute approximate surface area is 227 Å². The van der Waals surface area contributed by atoms with Gasteiger partial charge in [-0.2, -0.15) is 0 Å². The Morgan fingerprint density at radius 1 is 0.895 bits per heavy atom. The van der Waals surface area contributed by atoms with E-state index in [2.05, 4.69) is 15.6 Å². The Morgan fingerprint density at radius 2 is 1.63 bits per heavy atom. The van der Waals surface area contributed by atoms with E-state index in [0.717, 1.165) is 23.4 Å². The minimum absolute atomic E-state index is 0.0273. The number of amides is 3. The molecule has 8 nitrogen and oxygen atoms in total. The summed E-state index contributed by atoms with van der Waals surface area (Å²) in [6.45, 7) is 2.74. The molecule has 2 bridgehead atoms. The molecule has 2 fully saturated rings. The van der Waals surface area contributed by atoms with E-state index in [1.807, 2.05) is 75.8 Å². The molecule has 2 saturated heterocycles. The predicted molar refractivity (Wildman–Crippen MR) is 148 cm³/mol. The minimum atomic E-state index is -0.296. The van der Waals surface area contributed by atoms with Crippen molar-refractivity contribution in [3.8, 4) is 10.6 Å². The highest BCUT2D eigenvalue weighted by Gasteiger charge is 2.35. The van der Waals surface area contributed by atoms with Crippen LogP contribution in [0.1, 0.15) is 46.5 Å². The van der Waals surface area contributed by atoms with E-state index in [0.29, 0.717) is 56.8 Å². The topological polar surface area (TPSA) is 94.6 Å². The van der Waals surface area contributed by atoms with Crippen molar-refractivity contribution in [2.45, 2.75) is 37.8 Å². The van der Waals surface area contributed by atoms with E-state index in [-0.39, 0.29) is 29.8 Å². The Bertz CT molecular complexity index is 1250. The Balaban J connectivity index is 1.33. The highest BCUT2D eigenvalue weighted by molar-refractivity contribution is 7.13. The van der Waals surface area contributed by atoms with Crippen molar-refractivity contribution < 1.29 is 14.4 Å². The lowest BCUT2D eigenvalue weighted by molar-refractivity contribution is -0.122. The van der Waals surface area contributed by atoms with Crippen molar-refractivity contribution in [2.24, 2.45) is 0 Å². The van der Waals surface area contributed by atoms with Gasteiger partial charge in [0.2, 0.25) is 5.91 Å². The first-order chi connectivity index (χ1) is 18.6. The van der Waals surface area contributed by atoms with Crippen molar-refractivity contribution in [3.05, 3.63) is 77.3 Å². The summed E-state index contributed by atoms with van der Waals surface area (Å²) in [5.74, 6) is -0.168. The summed E-state index contributed by atoms with van der Waals surface area (Å²) in [7, 11) is 0. The molecule has 2 atom stereocenters. The van der Waals surface area contributed by atoms with Crippen LogP contribution in [0.25, 0.3) is 10.6 Å². The minimum Gasteiger partial charge on any atom is -0.355 e. The van der Waals surface area contributed by atoms with Crippen LogP contribution in [0.4, 0.5) is 0 Å². The first-order valence-electron chi connectivity index (χ1n) is 13.3. The van der Waals surface area contributed by atoms with Gasteiger partial charge in [-0.05, 0) is 37.8 Å². The van der Waals surface area contributed by atoms with Gasteiger partial charge in [0.25, 0.3) is 11.8 Å². The Morgan fingerprint density at radius 3 is 2.42 bits per heavy atom. The fourth-order valence-corrected chi connectivity index (χ4v) is 5.91. The zero-order valence-electron chi connectivity index (χ0n) is 21.3. The van der Waals surface area contributed by atoms with Gasteiger partial charge in [-0.15, -0.1) is 11.3 Å². The molecule has 198 valence electrons. The molecule has 0 radical (unpaired) electrons. The summed E-state index contributed by atoms with van der Waals surface area (Å²) in [5.41, 5.74) is 2.07. The normalized spacial score (nSPS) is 21.0. The summed E-state index contributed by atoms with van der Waals surface area (Å²) < 4.78 is 0. The second-order valence-corrected chi connectivity index (χ2v) is 10.6. The lowest BCUT2D eigenvalue weighted by Crippen LogP contribution is -2.44. The van der Waals surface area contributed by atoms with Crippen LogP contribution in [0.5, 0.6) is 0 Å². The number of hydrogen-bond acceptors (Lipinski definition) is 6. The van der Waals surface area contributed by atoms with E-state index in [4.69, 9.17) is 0 Å². The van der Waals surface area contributed by atoms with Gasteiger partial charge >= 0.3 is 0 Å². The molecule has 2 aromatic carbocycles. The second kappa shape index (κ2) is 12.3. The van der Waals surface area contributed by atoms with Crippen LogP contribution < -0.4 is 10.6 Å². The summed E-state index contributed by atoms with van der Waals surface area (Å²) in [5, 5.41) is 8.96. The first-order valence-corrected chi connectivity index (χ1v) is 14.2. The van der Waals surface area contributed by atoms with Crippen LogP contribution in [0, 0.1) is 0 Å². The fourth-order valence-electron chi connectivity index (χ4n) is 5.11. The Hall–Kier alpha value is -3.56. The van der Waals surface area contributed by atoms with Crippen LogP contribution in [-0.4, -0.2) is 77.3 Å². The maximum atomic E-state index is 13.5. The number of carbonyl (C=O) groups excluding carboxylic acids is 3. The SMILES string of the molecule is O=C1NCCCCN(C(=O)c2csc(-c3ccccc3)n2)CCCN(C(=O)c2ccccc2)[C@@H]2CN[C@H]1C2. The average molecular weight is 532 g/mol. The molecule has 9 heteroatoms. The summed E-state index contributed by atoms with van der Waals surface area (Å²) in [6, 6.07) is 18.7. The summed E-state index contributed by atoms with van der Waals surface area (Å²) >= 11 is 1.47. The summed E-state index contributed by atoms with van der Waals surface area (Å²) in [6.07, 6.45) is 2.78. The number of carbonyl (C=O) groups is 3. The molecule has 0 unspecified atom stereocenters. The van der Waals surface area contributed by atoms with Gasteiger partial charge in [-0.25, -0.2) is 4.98 Å². The number of hydrogen-bond donors (Lipinski definition) is 2. The van der Waals surface area contributed by atoms with Crippen molar-refractivity contribution in [3.63, 3.8) is 0 Å². The van der Waals surface area contributed by atoms with Crippen molar-refractivity contribution in [1.82, 2.24) is 25.4 Å². The molecule has 2 aliphatic heterocycles. The first kappa shape index (κ1) is 26.1. The number of nitrogens with one attached hydrogen (secondary N) is 2. The van der Waals surface area contributed by atoms with Gasteiger partial charge in [-0.3, -0.25) is 14.4 Å². The van der Waals surface area contributed by atoms with E-state index < -0.39 is 0 Å². The second-order valence-electron chi connectivity index (χ2n) is 9.76. The Kier molecular flexibility index (Phi) is 8.45. The lowest BCUT2D eigenvalue weighted by Gasteiger charge is -2.30. The molecular weight excluding hydrogens is 498 g/mol. The summed E-state index contributed by atoms with van der Waals surface area (Å²) in [4.78, 5) is 48.1. The van der Waals surface area contributed by atoms with Gasteiger partial charge < -0.3 is 20.4 Å². The number of benzene rings is 2. The van der Waals surface area contributed by atoms with Crippen molar-refractivity contribution in [1.29, 1.82) is 0 Å². The zero-order chi connectivity index (χ0) is 26.3. The number of nitrogens with zero attached hydrogens (tertiary/aromatic N) is 3. The van der Waals surface area contributed by atoms with Crippen molar-refractivity contribution >= 4 is 29.1 Å². The number of fused-ring (bicyclic) bond motifs is 2. The molecule has 3 heterocycles. The number of thiazole rings is 1. The smallest absolute Gasteiger partial charge is 0.273 e. The largest absolute Gasteiger partial charge is 0.355 e. The van der Waals surface area contributed by atoms with E-state index >= 15 is 0 Å². The van der Waals surface area contributed by atoms with Crippen LogP contribution in [0.15, 0.2) is 66.0 Å². The van der Waals surface area contributed by atoms with E-state index in [1.54, 1.807) is 0 Å². The standard InChI is InChI=1S/C29H33N5O3S/c35-26-24-18-23(19-31-24)34(28(36)22-12-5-2-6-13-22)17-9-16-33(15-8-7-14-30-26)29(37)25-20-38-27(32-25)21-10-3-1-4-11-21/h1-6,10-13,20,23-24,31H,7-9,14-19H2,(H,30,35)/t23-,24-/m0/s1.